The first-order valence-corrected chi connectivity index (χ1v) is 15.9. The lowest BCUT2D eigenvalue weighted by molar-refractivity contribution is -0.154. The average Bonchev–Trinajstić information content (AvgIpc) is 2.90. The van der Waals surface area contributed by atoms with Crippen LogP contribution in [-0.2, 0) is 14.3 Å². The van der Waals surface area contributed by atoms with E-state index in [2.05, 4.69) is 38.2 Å². The molecule has 4 heteroatoms. The molecule has 0 saturated heterocycles. The van der Waals surface area contributed by atoms with Crippen molar-refractivity contribution in [3.63, 3.8) is 0 Å². The van der Waals surface area contributed by atoms with E-state index in [1.54, 1.807) is 0 Å². The van der Waals surface area contributed by atoms with E-state index in [1.165, 1.54) is 109 Å². The van der Waals surface area contributed by atoms with Crippen LogP contribution in [0.1, 0.15) is 155 Å². The maximum absolute atomic E-state index is 12.0. The number of unbranched alkanes of at least 4 members (excludes halogenated alkanes) is 17. The van der Waals surface area contributed by atoms with Crippen LogP contribution in [-0.4, -0.2) is 37.0 Å². The third kappa shape index (κ3) is 29.3. The Morgan fingerprint density at radius 3 is 1.70 bits per heavy atom. The zero-order chi connectivity index (χ0) is 27.1. The number of hydrogen-bond acceptors (Lipinski definition) is 4. The Bertz CT molecular complexity index is 514. The van der Waals surface area contributed by atoms with Gasteiger partial charge in [-0.2, -0.15) is 0 Å². The molecule has 218 valence electrons. The van der Waals surface area contributed by atoms with E-state index >= 15 is 0 Å². The lowest BCUT2D eigenvalue weighted by atomic mass is 10.1. The van der Waals surface area contributed by atoms with Gasteiger partial charge in [-0.25, -0.2) is 0 Å². The van der Waals surface area contributed by atoms with Crippen molar-refractivity contribution in [3.8, 4) is 0 Å². The van der Waals surface area contributed by atoms with Crippen molar-refractivity contribution >= 4 is 5.97 Å². The molecule has 0 aromatic rings. The Morgan fingerprint density at radius 2 is 1.14 bits per heavy atom. The SMILES string of the molecule is CCCCCC/C=C\C/C=C\CCCCCCCCCC(=O)OC(CO)COCCCCCCCCC. The minimum absolute atomic E-state index is 0.173. The van der Waals surface area contributed by atoms with Crippen LogP contribution in [0.2, 0.25) is 0 Å². The fourth-order valence-corrected chi connectivity index (χ4v) is 4.36. The highest BCUT2D eigenvalue weighted by Crippen LogP contribution is 2.12. The van der Waals surface area contributed by atoms with Gasteiger partial charge in [0.05, 0.1) is 13.2 Å². The standard InChI is InChI=1S/C33H62O4/c1-3-5-7-9-11-12-13-14-15-16-17-18-19-20-21-22-24-26-28-33(35)37-32(30-34)31-36-29-27-25-23-10-8-6-4-2/h12-13,15-16,32,34H,3-11,14,17-31H2,1-2H3/b13-12-,16-15-. The Kier molecular flexibility index (Phi) is 30.1. The molecular formula is C33H62O4. The summed E-state index contributed by atoms with van der Waals surface area (Å²) in [6, 6.07) is 0. The van der Waals surface area contributed by atoms with Gasteiger partial charge in [0, 0.05) is 13.0 Å². The topological polar surface area (TPSA) is 55.8 Å². The zero-order valence-corrected chi connectivity index (χ0v) is 24.7. The fraction of sp³-hybridized carbons (Fsp3) is 0.848. The van der Waals surface area contributed by atoms with E-state index in [0.29, 0.717) is 19.6 Å². The second-order valence-electron chi connectivity index (χ2n) is 10.5. The van der Waals surface area contributed by atoms with Crippen LogP contribution < -0.4 is 0 Å². The van der Waals surface area contributed by atoms with Gasteiger partial charge < -0.3 is 14.6 Å². The van der Waals surface area contributed by atoms with Gasteiger partial charge in [-0.1, -0.05) is 128 Å². The molecule has 0 bridgehead atoms. The van der Waals surface area contributed by atoms with E-state index in [0.717, 1.165) is 25.7 Å². The van der Waals surface area contributed by atoms with Gasteiger partial charge in [0.25, 0.3) is 0 Å². The summed E-state index contributed by atoms with van der Waals surface area (Å²) < 4.78 is 11.0. The molecule has 1 N–H and O–H groups in total. The number of aliphatic hydroxyl groups excluding tert-OH is 1. The largest absolute Gasteiger partial charge is 0.457 e. The van der Waals surface area contributed by atoms with Crippen LogP contribution >= 0.6 is 0 Å². The molecule has 0 aromatic heterocycles. The normalized spacial score (nSPS) is 12.6. The molecule has 4 nitrogen and oxygen atoms in total. The first-order chi connectivity index (χ1) is 18.2. The average molecular weight is 523 g/mol. The Hall–Kier alpha value is -1.13. The van der Waals surface area contributed by atoms with Gasteiger partial charge in [-0.05, 0) is 44.9 Å². The van der Waals surface area contributed by atoms with Gasteiger partial charge in [0.2, 0.25) is 0 Å². The van der Waals surface area contributed by atoms with Gasteiger partial charge in [0.15, 0.2) is 0 Å². The predicted octanol–water partition coefficient (Wildman–Crippen LogP) is 9.64. The first kappa shape index (κ1) is 35.9. The number of carbonyl (C=O) groups excluding carboxylic acids is 1. The van der Waals surface area contributed by atoms with Crippen LogP contribution in [0.25, 0.3) is 0 Å². The highest BCUT2D eigenvalue weighted by atomic mass is 16.6. The van der Waals surface area contributed by atoms with Gasteiger partial charge in [-0.3, -0.25) is 4.79 Å². The molecule has 1 unspecified atom stereocenters. The third-order valence-corrected chi connectivity index (χ3v) is 6.78. The molecule has 0 radical (unpaired) electrons. The van der Waals surface area contributed by atoms with Gasteiger partial charge in [0.1, 0.15) is 6.10 Å². The van der Waals surface area contributed by atoms with Crippen molar-refractivity contribution in [2.24, 2.45) is 0 Å². The Morgan fingerprint density at radius 1 is 0.649 bits per heavy atom. The number of ether oxygens (including phenoxy) is 2. The number of esters is 1. The van der Waals surface area contributed by atoms with Crippen LogP contribution in [0.15, 0.2) is 24.3 Å². The molecular weight excluding hydrogens is 460 g/mol. The summed E-state index contributed by atoms with van der Waals surface area (Å²) in [5.74, 6) is -0.211. The quantitative estimate of drug-likeness (QED) is 0.0603. The van der Waals surface area contributed by atoms with Crippen molar-refractivity contribution in [3.05, 3.63) is 24.3 Å². The highest BCUT2D eigenvalue weighted by Gasteiger charge is 2.13. The maximum Gasteiger partial charge on any atom is 0.306 e. The number of aliphatic hydroxyl groups is 1. The minimum Gasteiger partial charge on any atom is -0.457 e. The fourth-order valence-electron chi connectivity index (χ4n) is 4.36. The monoisotopic (exact) mass is 522 g/mol. The number of hydrogen-bond donors (Lipinski definition) is 1. The molecule has 0 rings (SSSR count). The van der Waals surface area contributed by atoms with E-state index in [9.17, 15) is 9.90 Å². The van der Waals surface area contributed by atoms with Gasteiger partial charge in [-0.15, -0.1) is 0 Å². The number of rotatable bonds is 29. The summed E-state index contributed by atoms with van der Waals surface area (Å²) in [4.78, 5) is 12.0. The van der Waals surface area contributed by atoms with Crippen molar-refractivity contribution in [2.75, 3.05) is 19.8 Å². The van der Waals surface area contributed by atoms with E-state index in [4.69, 9.17) is 9.47 Å². The Balaban J connectivity index is 3.46. The van der Waals surface area contributed by atoms with Crippen molar-refractivity contribution in [2.45, 2.75) is 161 Å². The summed E-state index contributed by atoms with van der Waals surface area (Å²) >= 11 is 0. The van der Waals surface area contributed by atoms with Crippen molar-refractivity contribution < 1.29 is 19.4 Å². The summed E-state index contributed by atoms with van der Waals surface area (Å²) in [5, 5.41) is 9.46. The molecule has 37 heavy (non-hydrogen) atoms. The van der Waals surface area contributed by atoms with Crippen molar-refractivity contribution in [1.82, 2.24) is 0 Å². The third-order valence-electron chi connectivity index (χ3n) is 6.78. The number of carbonyl (C=O) groups is 1. The maximum atomic E-state index is 12.0. The second kappa shape index (κ2) is 31.1. The molecule has 0 spiro atoms. The molecule has 0 aliphatic carbocycles. The summed E-state index contributed by atoms with van der Waals surface area (Å²) in [5.41, 5.74) is 0. The van der Waals surface area contributed by atoms with E-state index in [1.807, 2.05) is 0 Å². The first-order valence-electron chi connectivity index (χ1n) is 15.9. The summed E-state index contributed by atoms with van der Waals surface area (Å²) in [6.07, 6.45) is 34.9. The Labute approximate surface area is 230 Å². The smallest absolute Gasteiger partial charge is 0.306 e. The van der Waals surface area contributed by atoms with E-state index in [-0.39, 0.29) is 12.6 Å². The predicted molar refractivity (Wildman–Crippen MR) is 159 cm³/mol. The molecule has 0 fully saturated rings. The molecule has 0 amide bonds. The molecule has 0 saturated carbocycles. The lowest BCUT2D eigenvalue weighted by Crippen LogP contribution is -2.27. The van der Waals surface area contributed by atoms with Crippen LogP contribution in [0.4, 0.5) is 0 Å². The molecule has 0 heterocycles. The summed E-state index contributed by atoms with van der Waals surface area (Å²) in [7, 11) is 0. The van der Waals surface area contributed by atoms with Gasteiger partial charge >= 0.3 is 5.97 Å². The van der Waals surface area contributed by atoms with Crippen LogP contribution in [0, 0.1) is 0 Å². The molecule has 0 aliphatic rings. The zero-order valence-electron chi connectivity index (χ0n) is 24.7. The summed E-state index contributed by atoms with van der Waals surface area (Å²) in [6.45, 7) is 5.29. The number of allylic oxidation sites excluding steroid dienone is 4. The van der Waals surface area contributed by atoms with Crippen LogP contribution in [0.5, 0.6) is 0 Å². The highest BCUT2D eigenvalue weighted by molar-refractivity contribution is 5.69. The molecule has 0 aliphatic heterocycles. The van der Waals surface area contributed by atoms with Crippen molar-refractivity contribution in [1.29, 1.82) is 0 Å². The van der Waals surface area contributed by atoms with Crippen LogP contribution in [0.3, 0.4) is 0 Å². The van der Waals surface area contributed by atoms with E-state index < -0.39 is 6.10 Å². The minimum atomic E-state index is -0.530. The lowest BCUT2D eigenvalue weighted by Gasteiger charge is -2.15. The molecule has 0 aromatic carbocycles. The molecule has 1 atom stereocenters. The second-order valence-corrected chi connectivity index (χ2v) is 10.5.